The highest BCUT2D eigenvalue weighted by Crippen LogP contribution is 2.56. The Morgan fingerprint density at radius 2 is 1.74 bits per heavy atom. The highest BCUT2D eigenvalue weighted by molar-refractivity contribution is 5.99. The molecule has 5 aliphatic rings. The second-order valence-corrected chi connectivity index (χ2v) is 13.5. The van der Waals surface area contributed by atoms with Gasteiger partial charge in [-0.05, 0) is 44.6 Å². The van der Waals surface area contributed by atoms with E-state index in [1.54, 1.807) is 16.8 Å². The molecule has 4 heterocycles. The van der Waals surface area contributed by atoms with Crippen molar-refractivity contribution in [2.24, 2.45) is 11.8 Å². The number of amides is 3. The van der Waals surface area contributed by atoms with Crippen LogP contribution in [-0.4, -0.2) is 100 Å². The van der Waals surface area contributed by atoms with Gasteiger partial charge in [-0.3, -0.25) is 19.2 Å². The third-order valence-corrected chi connectivity index (χ3v) is 10.8. The van der Waals surface area contributed by atoms with Crippen molar-refractivity contribution in [1.29, 1.82) is 0 Å². The molecule has 1 aromatic rings. The molecule has 1 aromatic carbocycles. The molecule has 7 atom stereocenters. The van der Waals surface area contributed by atoms with Crippen LogP contribution in [0, 0.1) is 11.8 Å². The van der Waals surface area contributed by atoms with Crippen LogP contribution < -0.4 is 0 Å². The molecule has 6 rings (SSSR count). The number of likely N-dealkylation sites (tertiary alicyclic amines) is 1. The van der Waals surface area contributed by atoms with Gasteiger partial charge in [0, 0.05) is 39.2 Å². The van der Waals surface area contributed by atoms with Crippen molar-refractivity contribution in [2.45, 2.75) is 101 Å². The van der Waals surface area contributed by atoms with Crippen LogP contribution in [0.15, 0.2) is 54.6 Å². The Bertz CT molecular complexity index is 1360. The first kappa shape index (κ1) is 32.4. The monoisotopic (exact) mass is 633 g/mol. The molecule has 1 saturated carbocycles. The van der Waals surface area contributed by atoms with Gasteiger partial charge >= 0.3 is 5.97 Å². The van der Waals surface area contributed by atoms with Crippen molar-refractivity contribution in [3.8, 4) is 0 Å². The van der Waals surface area contributed by atoms with Gasteiger partial charge in [-0.25, -0.2) is 0 Å². The molecule has 10 heteroatoms. The highest BCUT2D eigenvalue weighted by Gasteiger charge is 2.73. The van der Waals surface area contributed by atoms with Gasteiger partial charge in [-0.1, -0.05) is 73.9 Å². The van der Waals surface area contributed by atoms with Gasteiger partial charge in [0.25, 0.3) is 0 Å². The Hall–Kier alpha value is -3.50. The molecule has 0 unspecified atom stereocenters. The lowest BCUT2D eigenvalue weighted by Crippen LogP contribution is -2.58. The van der Waals surface area contributed by atoms with E-state index in [0.717, 1.165) is 37.7 Å². The smallest absolute Gasteiger partial charge is 0.313 e. The second-order valence-electron chi connectivity index (χ2n) is 13.5. The fraction of sp³-hybridized carbons (Fsp3) is 0.611. The van der Waals surface area contributed by atoms with Gasteiger partial charge in [0.05, 0.1) is 18.1 Å². The number of hydrogen-bond acceptors (Lipinski definition) is 7. The van der Waals surface area contributed by atoms with E-state index in [0.29, 0.717) is 25.8 Å². The molecule has 4 aliphatic heterocycles. The summed E-state index contributed by atoms with van der Waals surface area (Å²) in [6, 6.07) is 7.97. The van der Waals surface area contributed by atoms with Crippen molar-refractivity contribution in [2.75, 3.05) is 26.7 Å². The number of fused-ring (bicyclic) bond motifs is 2. The molecular formula is C36H47N3O7. The summed E-state index contributed by atoms with van der Waals surface area (Å²) >= 11 is 0. The Kier molecular flexibility index (Phi) is 9.66. The molecule has 3 fully saturated rings. The number of hydrogen-bond donors (Lipinski definition) is 1. The van der Waals surface area contributed by atoms with Crippen LogP contribution in [0.2, 0.25) is 0 Å². The van der Waals surface area contributed by atoms with Crippen LogP contribution >= 0.6 is 0 Å². The lowest BCUT2D eigenvalue weighted by molar-refractivity contribution is -0.164. The summed E-state index contributed by atoms with van der Waals surface area (Å²) in [5, 5.41) is 9.51. The summed E-state index contributed by atoms with van der Waals surface area (Å²) in [6.07, 6.45) is 12.9. The van der Waals surface area contributed by atoms with Crippen LogP contribution in [-0.2, 0) is 28.7 Å². The number of ether oxygens (including phenoxy) is 2. The number of aliphatic hydroxyl groups excluding tert-OH is 1. The number of rotatable bonds is 6. The van der Waals surface area contributed by atoms with Crippen molar-refractivity contribution in [3.05, 3.63) is 60.2 Å². The van der Waals surface area contributed by atoms with E-state index >= 15 is 0 Å². The number of likely N-dealkylation sites (N-methyl/N-ethyl adjacent to an activating group) is 1. The molecular weight excluding hydrogens is 586 g/mol. The number of allylic oxidation sites excluding steroid dienone is 1. The van der Waals surface area contributed by atoms with E-state index in [1.165, 1.54) is 0 Å². The van der Waals surface area contributed by atoms with Crippen LogP contribution in [0.25, 0.3) is 0 Å². The lowest BCUT2D eigenvalue weighted by Gasteiger charge is -2.40. The third kappa shape index (κ3) is 5.79. The quantitative estimate of drug-likeness (QED) is 0.289. The average Bonchev–Trinajstić information content (AvgIpc) is 3.72. The van der Waals surface area contributed by atoms with Gasteiger partial charge < -0.3 is 29.3 Å². The van der Waals surface area contributed by atoms with Crippen LogP contribution in [0.1, 0.15) is 76.4 Å². The maximum atomic E-state index is 14.8. The topological polar surface area (TPSA) is 117 Å². The summed E-state index contributed by atoms with van der Waals surface area (Å²) in [5.41, 5.74) is -0.540. The lowest BCUT2D eigenvalue weighted by atomic mass is 9.74. The number of carbonyl (C=O) groups excluding carboxylic acids is 4. The minimum Gasteiger partial charge on any atom is -0.455 e. The van der Waals surface area contributed by atoms with Crippen molar-refractivity contribution >= 4 is 23.7 Å². The number of unbranched alkanes of at least 4 members (excludes halogenated alkanes) is 1. The Balaban J connectivity index is 1.42. The van der Waals surface area contributed by atoms with Crippen LogP contribution in [0.5, 0.6) is 0 Å². The molecule has 2 saturated heterocycles. The maximum Gasteiger partial charge on any atom is 0.313 e. The summed E-state index contributed by atoms with van der Waals surface area (Å²) in [6.45, 7) is 2.50. The van der Waals surface area contributed by atoms with Crippen LogP contribution in [0.3, 0.4) is 0 Å². The number of aliphatic hydroxyl groups is 1. The van der Waals surface area contributed by atoms with Gasteiger partial charge in [0.1, 0.15) is 23.7 Å². The number of carbonyl (C=O) groups is 4. The van der Waals surface area contributed by atoms with E-state index in [9.17, 15) is 24.3 Å². The highest BCUT2D eigenvalue weighted by atomic mass is 16.6. The van der Waals surface area contributed by atoms with Gasteiger partial charge in [-0.2, -0.15) is 0 Å². The zero-order valence-corrected chi connectivity index (χ0v) is 27.0. The summed E-state index contributed by atoms with van der Waals surface area (Å²) in [5.74, 6) is -2.96. The van der Waals surface area contributed by atoms with Crippen molar-refractivity contribution < 1.29 is 33.8 Å². The van der Waals surface area contributed by atoms with Gasteiger partial charge in [0.2, 0.25) is 17.7 Å². The summed E-state index contributed by atoms with van der Waals surface area (Å²) in [4.78, 5) is 62.0. The first-order valence-corrected chi connectivity index (χ1v) is 17.0. The fourth-order valence-corrected chi connectivity index (χ4v) is 8.23. The number of benzene rings is 1. The van der Waals surface area contributed by atoms with Gasteiger partial charge in [-0.15, -0.1) is 0 Å². The van der Waals surface area contributed by atoms with E-state index < -0.39 is 47.7 Å². The third-order valence-electron chi connectivity index (χ3n) is 10.8. The maximum absolute atomic E-state index is 14.8. The van der Waals surface area contributed by atoms with E-state index in [2.05, 4.69) is 0 Å². The van der Waals surface area contributed by atoms with Gasteiger partial charge in [0.15, 0.2) is 0 Å². The molecule has 1 aliphatic carbocycles. The molecule has 10 nitrogen and oxygen atoms in total. The van der Waals surface area contributed by atoms with Crippen molar-refractivity contribution in [3.63, 3.8) is 0 Å². The normalized spacial score (nSPS) is 34.7. The minimum absolute atomic E-state index is 0.0162. The molecule has 46 heavy (non-hydrogen) atoms. The number of nitrogens with zero attached hydrogens (tertiary/aromatic N) is 3. The molecule has 248 valence electrons. The second kappa shape index (κ2) is 13.7. The molecule has 0 radical (unpaired) electrons. The van der Waals surface area contributed by atoms with Crippen LogP contribution in [0.4, 0.5) is 0 Å². The standard InChI is InChI=1S/C36H47N3O7/c1-24-31(25-14-6-3-7-15-25)45-35(44)29-27-19-20-36(46-27)30(29)33(42)39(22-12-13-23-40)32(36)34(43)38(26-16-8-4-9-17-26)21-11-5-10-18-28(41)37(24)2/h3,5-7,11,14-15,19-20,24,26-27,29-32,40H,4,8-10,12-13,16-18,21-23H2,1-2H3/b11-5-/t24-,27+,29-,30-,31+,32+,36-/m0/s1. The average molecular weight is 634 g/mol. The SMILES string of the molecule is C[C@H]1[C@H](c2ccccc2)OC(=O)[C@@H]2[C@H]3C(=O)N(CCCCO)[C@H](C(=O)N(C4CCCCC4)C/C=C\CCC(=O)N1C)[C@]31C=C[C@H]2O1. The van der Waals surface area contributed by atoms with Crippen molar-refractivity contribution in [1.82, 2.24) is 14.7 Å². The number of esters is 1. The zero-order valence-electron chi connectivity index (χ0n) is 27.0. The minimum atomic E-state index is -1.28. The largest absolute Gasteiger partial charge is 0.455 e. The summed E-state index contributed by atoms with van der Waals surface area (Å²) < 4.78 is 12.9. The number of cyclic esters (lactones) is 1. The Labute approximate surface area is 271 Å². The fourth-order valence-electron chi connectivity index (χ4n) is 8.23. The molecule has 5 bridgehead atoms. The molecule has 1 spiro atoms. The predicted octanol–water partition coefficient (Wildman–Crippen LogP) is 3.55. The van der Waals surface area contributed by atoms with E-state index in [4.69, 9.17) is 9.47 Å². The first-order chi connectivity index (χ1) is 22.3. The van der Waals surface area contributed by atoms with E-state index in [-0.39, 0.29) is 43.3 Å². The first-order valence-electron chi connectivity index (χ1n) is 17.0. The molecule has 0 aromatic heterocycles. The predicted molar refractivity (Wildman–Crippen MR) is 170 cm³/mol. The Morgan fingerprint density at radius 3 is 2.48 bits per heavy atom. The van der Waals surface area contributed by atoms with E-state index in [1.807, 2.05) is 66.5 Å². The summed E-state index contributed by atoms with van der Waals surface area (Å²) in [7, 11) is 1.73. The molecule has 3 amide bonds. The Morgan fingerprint density at radius 1 is 0.978 bits per heavy atom. The zero-order chi connectivity index (χ0) is 32.4. The molecule has 1 N–H and O–H groups in total.